The van der Waals surface area contributed by atoms with Gasteiger partial charge in [-0.15, -0.1) is 12.4 Å². The van der Waals surface area contributed by atoms with Gasteiger partial charge in [0.25, 0.3) is 0 Å². The van der Waals surface area contributed by atoms with Crippen LogP contribution >= 0.6 is 12.4 Å². The number of hydrogen-bond acceptors (Lipinski definition) is 2. The molecule has 2 unspecified atom stereocenters. The zero-order valence-electron chi connectivity index (χ0n) is 9.50. The molecule has 1 N–H and O–H groups in total. The Morgan fingerprint density at radius 2 is 2.19 bits per heavy atom. The molecule has 4 heteroatoms. The van der Waals surface area contributed by atoms with E-state index in [1.165, 1.54) is 6.07 Å². The summed E-state index contributed by atoms with van der Waals surface area (Å²) in [6, 6.07) is 7.17. The summed E-state index contributed by atoms with van der Waals surface area (Å²) in [5, 5.41) is 3.32. The monoisotopic (exact) mass is 245 g/mol. The van der Waals surface area contributed by atoms with Crippen LogP contribution in [0.2, 0.25) is 0 Å². The maximum atomic E-state index is 13.4. The second kappa shape index (κ2) is 5.13. The van der Waals surface area contributed by atoms with Crippen LogP contribution in [-0.2, 0) is 11.2 Å². The van der Waals surface area contributed by atoms with Crippen molar-refractivity contribution in [3.63, 3.8) is 0 Å². The van der Waals surface area contributed by atoms with Crippen molar-refractivity contribution in [2.45, 2.75) is 32.0 Å². The summed E-state index contributed by atoms with van der Waals surface area (Å²) in [6.07, 6.45) is 0.560. The largest absolute Gasteiger partial charge is 0.359 e. The van der Waals surface area contributed by atoms with E-state index in [1.807, 2.05) is 13.0 Å². The van der Waals surface area contributed by atoms with Crippen molar-refractivity contribution in [2.24, 2.45) is 0 Å². The lowest BCUT2D eigenvalue weighted by molar-refractivity contribution is 0.00627. The van der Waals surface area contributed by atoms with Crippen molar-refractivity contribution in [2.75, 3.05) is 6.61 Å². The number of hydrogen-bond donors (Lipinski definition) is 1. The smallest absolute Gasteiger partial charge is 0.126 e. The second-order valence-electron chi connectivity index (χ2n) is 4.36. The summed E-state index contributed by atoms with van der Waals surface area (Å²) in [5.41, 5.74) is 0.267. The fraction of sp³-hybridized carbons (Fsp3) is 0.500. The van der Waals surface area contributed by atoms with E-state index in [0.717, 1.165) is 0 Å². The van der Waals surface area contributed by atoms with E-state index in [0.29, 0.717) is 24.6 Å². The van der Waals surface area contributed by atoms with Crippen LogP contribution in [0.25, 0.3) is 0 Å². The predicted molar refractivity (Wildman–Crippen MR) is 64.3 cm³/mol. The zero-order valence-corrected chi connectivity index (χ0v) is 10.3. The highest BCUT2D eigenvalue weighted by Crippen LogP contribution is 2.22. The van der Waals surface area contributed by atoms with Crippen LogP contribution in [-0.4, -0.2) is 18.4 Å². The quantitative estimate of drug-likeness (QED) is 0.865. The molecule has 1 fully saturated rings. The third kappa shape index (κ3) is 2.94. The van der Waals surface area contributed by atoms with E-state index in [4.69, 9.17) is 4.74 Å². The molecular weight excluding hydrogens is 229 g/mol. The molecule has 1 aromatic carbocycles. The highest BCUT2D eigenvalue weighted by Gasteiger charge is 2.33. The molecule has 16 heavy (non-hydrogen) atoms. The highest BCUT2D eigenvalue weighted by molar-refractivity contribution is 5.85. The average Bonchev–Trinajstić information content (AvgIpc) is 2.51. The van der Waals surface area contributed by atoms with Gasteiger partial charge in [0.1, 0.15) is 11.5 Å². The van der Waals surface area contributed by atoms with Gasteiger partial charge in [-0.25, -0.2) is 4.39 Å². The molecule has 2 nitrogen and oxygen atoms in total. The molecule has 0 radical (unpaired) electrons. The van der Waals surface area contributed by atoms with E-state index in [9.17, 15) is 4.39 Å². The van der Waals surface area contributed by atoms with Gasteiger partial charge in [0.2, 0.25) is 0 Å². The van der Waals surface area contributed by atoms with Crippen LogP contribution in [0.3, 0.4) is 0 Å². The van der Waals surface area contributed by atoms with Gasteiger partial charge in [0.05, 0.1) is 6.61 Å². The molecule has 1 aliphatic heterocycles. The summed E-state index contributed by atoms with van der Waals surface area (Å²) < 4.78 is 19.1. The van der Waals surface area contributed by atoms with E-state index >= 15 is 0 Å². The van der Waals surface area contributed by atoms with Crippen LogP contribution in [0.1, 0.15) is 19.4 Å². The maximum absolute atomic E-state index is 13.4. The Hall–Kier alpha value is -0.640. The van der Waals surface area contributed by atoms with Crippen molar-refractivity contribution in [1.82, 2.24) is 5.32 Å². The molecule has 0 aliphatic carbocycles. The summed E-state index contributed by atoms with van der Waals surface area (Å²) in [7, 11) is 0. The molecule has 0 amide bonds. The number of nitrogens with one attached hydrogen (secondary N) is 1. The van der Waals surface area contributed by atoms with Crippen LogP contribution in [0.15, 0.2) is 24.3 Å². The summed E-state index contributed by atoms with van der Waals surface area (Å²) >= 11 is 0. The third-order valence-corrected chi connectivity index (χ3v) is 2.69. The highest BCUT2D eigenvalue weighted by atomic mass is 35.5. The Labute approximate surface area is 102 Å². The molecule has 0 bridgehead atoms. The van der Waals surface area contributed by atoms with Crippen molar-refractivity contribution in [1.29, 1.82) is 0 Å². The molecule has 2 atom stereocenters. The van der Waals surface area contributed by atoms with E-state index in [-0.39, 0.29) is 18.2 Å². The molecule has 1 heterocycles. The minimum Gasteiger partial charge on any atom is -0.359 e. The fourth-order valence-corrected chi connectivity index (χ4v) is 2.02. The Balaban J connectivity index is 0.00000128. The van der Waals surface area contributed by atoms with Gasteiger partial charge in [-0.1, -0.05) is 18.2 Å². The first kappa shape index (κ1) is 13.4. The summed E-state index contributed by atoms with van der Waals surface area (Å²) in [4.78, 5) is 0. The predicted octanol–water partition coefficient (Wildman–Crippen LogP) is 2.51. The fourth-order valence-electron chi connectivity index (χ4n) is 2.02. The van der Waals surface area contributed by atoms with Crippen molar-refractivity contribution >= 4 is 12.4 Å². The van der Waals surface area contributed by atoms with Gasteiger partial charge in [-0.2, -0.15) is 0 Å². The number of halogens is 2. The van der Waals surface area contributed by atoms with Gasteiger partial charge < -0.3 is 4.74 Å². The summed E-state index contributed by atoms with van der Waals surface area (Å²) in [6.45, 7) is 4.71. The van der Waals surface area contributed by atoms with Gasteiger partial charge in [-0.3, -0.25) is 5.32 Å². The van der Waals surface area contributed by atoms with E-state index in [1.54, 1.807) is 12.1 Å². The van der Waals surface area contributed by atoms with Crippen LogP contribution in [0.5, 0.6) is 0 Å². The van der Waals surface area contributed by atoms with Gasteiger partial charge in [0, 0.05) is 12.5 Å². The number of ether oxygens (including phenoxy) is 1. The lowest BCUT2D eigenvalue weighted by atomic mass is 10.0. The van der Waals surface area contributed by atoms with Crippen LogP contribution < -0.4 is 5.32 Å². The van der Waals surface area contributed by atoms with Crippen molar-refractivity contribution < 1.29 is 9.13 Å². The third-order valence-electron chi connectivity index (χ3n) is 2.69. The van der Waals surface area contributed by atoms with E-state index in [2.05, 4.69) is 12.2 Å². The molecule has 0 spiro atoms. The van der Waals surface area contributed by atoms with Crippen LogP contribution in [0, 0.1) is 5.82 Å². The first-order valence-electron chi connectivity index (χ1n) is 5.24. The Morgan fingerprint density at radius 1 is 1.50 bits per heavy atom. The standard InChI is InChI=1S/C12H16FNO.ClH/c1-9-8-15-12(2,14-9)7-10-5-3-4-6-11(10)13;/h3-6,9,14H,7-8H2,1-2H3;1H. The van der Waals surface area contributed by atoms with Gasteiger partial charge >= 0.3 is 0 Å². The number of benzene rings is 1. The lowest BCUT2D eigenvalue weighted by Crippen LogP contribution is -2.42. The minimum atomic E-state index is -0.429. The Morgan fingerprint density at radius 3 is 2.75 bits per heavy atom. The molecule has 1 saturated heterocycles. The SMILES string of the molecule is CC1COC(C)(Cc2ccccc2F)N1.Cl. The second-order valence-corrected chi connectivity index (χ2v) is 4.36. The molecule has 1 aromatic rings. The Bertz CT molecular complexity index is 361. The van der Waals surface area contributed by atoms with Crippen molar-refractivity contribution in [3.8, 4) is 0 Å². The van der Waals surface area contributed by atoms with Gasteiger partial charge in [0.15, 0.2) is 0 Å². The molecule has 0 aromatic heterocycles. The first-order valence-corrected chi connectivity index (χ1v) is 5.24. The normalized spacial score (nSPS) is 28.8. The molecule has 2 rings (SSSR count). The zero-order chi connectivity index (χ0) is 10.9. The Kier molecular flexibility index (Phi) is 4.30. The maximum Gasteiger partial charge on any atom is 0.126 e. The van der Waals surface area contributed by atoms with Crippen LogP contribution in [0.4, 0.5) is 4.39 Å². The van der Waals surface area contributed by atoms with Gasteiger partial charge in [-0.05, 0) is 25.5 Å². The molecule has 1 aliphatic rings. The average molecular weight is 246 g/mol. The number of rotatable bonds is 2. The van der Waals surface area contributed by atoms with Crippen molar-refractivity contribution in [3.05, 3.63) is 35.6 Å². The summed E-state index contributed by atoms with van der Waals surface area (Å²) in [5.74, 6) is -0.163. The lowest BCUT2D eigenvalue weighted by Gasteiger charge is -2.24. The van der Waals surface area contributed by atoms with E-state index < -0.39 is 5.72 Å². The molecule has 0 saturated carbocycles. The topological polar surface area (TPSA) is 21.3 Å². The molecular formula is C12H17ClFNO. The molecule has 90 valence electrons. The minimum absolute atomic E-state index is 0. The first-order chi connectivity index (χ1) is 7.09.